The van der Waals surface area contributed by atoms with Gasteiger partial charge in [0.1, 0.15) is 0 Å². The molecule has 2 aromatic carbocycles. The highest BCUT2D eigenvalue weighted by Crippen LogP contribution is 2.28. The molecule has 0 spiro atoms. The number of hydrogen-bond acceptors (Lipinski definition) is 5. The van der Waals surface area contributed by atoms with Crippen LogP contribution in [0.4, 0.5) is 0 Å². The molecule has 1 aliphatic rings. The summed E-state index contributed by atoms with van der Waals surface area (Å²) in [5.74, 6) is 1.14. The zero-order chi connectivity index (χ0) is 17.9. The van der Waals surface area contributed by atoms with Gasteiger partial charge in [-0.1, -0.05) is 48.5 Å². The molecule has 4 rings (SSSR count). The predicted octanol–water partition coefficient (Wildman–Crippen LogP) is 3.85. The van der Waals surface area contributed by atoms with Crippen molar-refractivity contribution in [2.24, 2.45) is 5.73 Å². The van der Waals surface area contributed by atoms with Gasteiger partial charge in [0.05, 0.1) is 0 Å². The van der Waals surface area contributed by atoms with Crippen molar-refractivity contribution in [2.45, 2.75) is 38.9 Å². The Morgan fingerprint density at radius 3 is 2.27 bits per heavy atom. The maximum atomic E-state index is 5.64. The fourth-order valence-electron chi connectivity index (χ4n) is 3.17. The summed E-state index contributed by atoms with van der Waals surface area (Å²) >= 11 is 0. The van der Waals surface area contributed by atoms with Crippen LogP contribution in [0, 0.1) is 0 Å². The van der Waals surface area contributed by atoms with Gasteiger partial charge in [-0.25, -0.2) is 0 Å². The van der Waals surface area contributed by atoms with Crippen molar-refractivity contribution in [3.63, 3.8) is 0 Å². The van der Waals surface area contributed by atoms with E-state index in [9.17, 15) is 0 Å². The average Bonchev–Trinajstić information content (AvgIpc) is 3.42. The number of aromatic nitrogens is 2. The van der Waals surface area contributed by atoms with Gasteiger partial charge in [-0.15, -0.1) is 0 Å². The summed E-state index contributed by atoms with van der Waals surface area (Å²) in [6, 6.07) is 17.1. The van der Waals surface area contributed by atoms with Crippen LogP contribution in [0.3, 0.4) is 0 Å². The van der Waals surface area contributed by atoms with E-state index in [1.165, 1.54) is 18.4 Å². The van der Waals surface area contributed by atoms with E-state index in [2.05, 4.69) is 46.2 Å². The van der Waals surface area contributed by atoms with E-state index in [0.717, 1.165) is 35.8 Å². The van der Waals surface area contributed by atoms with E-state index in [1.807, 2.05) is 24.3 Å². The van der Waals surface area contributed by atoms with Crippen LogP contribution in [0.15, 0.2) is 53.1 Å². The van der Waals surface area contributed by atoms with Gasteiger partial charge < -0.3 is 10.3 Å². The minimum atomic E-state index is 0.528. The van der Waals surface area contributed by atoms with Crippen molar-refractivity contribution in [2.75, 3.05) is 6.54 Å². The normalized spacial score (nSPS) is 14.1. The number of rotatable bonds is 7. The van der Waals surface area contributed by atoms with Crippen molar-refractivity contribution in [1.29, 1.82) is 0 Å². The molecule has 0 saturated heterocycles. The van der Waals surface area contributed by atoms with Crippen molar-refractivity contribution >= 4 is 0 Å². The molecule has 0 radical (unpaired) electrons. The second-order valence-electron chi connectivity index (χ2n) is 6.82. The van der Waals surface area contributed by atoms with Crippen LogP contribution in [0.25, 0.3) is 22.8 Å². The minimum absolute atomic E-state index is 0.528. The van der Waals surface area contributed by atoms with Crippen LogP contribution in [-0.2, 0) is 13.1 Å². The molecular weight excluding hydrogens is 324 g/mol. The summed E-state index contributed by atoms with van der Waals surface area (Å²) in [4.78, 5) is 7.06. The van der Waals surface area contributed by atoms with E-state index >= 15 is 0 Å². The van der Waals surface area contributed by atoms with Gasteiger partial charge in [0.15, 0.2) is 0 Å². The quantitative estimate of drug-likeness (QED) is 0.702. The Labute approximate surface area is 153 Å². The number of nitrogens with two attached hydrogens (primary N) is 1. The molecule has 0 atom stereocenters. The van der Waals surface area contributed by atoms with Crippen LogP contribution in [0.1, 0.15) is 30.9 Å². The molecule has 3 aromatic rings. The molecule has 0 bridgehead atoms. The number of benzene rings is 2. The van der Waals surface area contributed by atoms with Crippen molar-refractivity contribution < 1.29 is 4.52 Å². The fraction of sp³-hybridized carbons (Fsp3) is 0.333. The van der Waals surface area contributed by atoms with E-state index in [4.69, 9.17) is 10.3 Å². The van der Waals surface area contributed by atoms with Gasteiger partial charge >= 0.3 is 0 Å². The maximum Gasteiger partial charge on any atom is 0.258 e. The Balaban J connectivity index is 1.48. The van der Waals surface area contributed by atoms with Crippen LogP contribution in [0.5, 0.6) is 0 Å². The summed E-state index contributed by atoms with van der Waals surface area (Å²) in [5, 5.41) is 4.11. The van der Waals surface area contributed by atoms with Crippen LogP contribution >= 0.6 is 0 Å². The highest BCUT2D eigenvalue weighted by molar-refractivity contribution is 5.60. The molecule has 1 aromatic heterocycles. The molecule has 2 N–H and O–H groups in total. The molecule has 26 heavy (non-hydrogen) atoms. The van der Waals surface area contributed by atoms with Gasteiger partial charge in [0.25, 0.3) is 5.89 Å². The monoisotopic (exact) mass is 348 g/mol. The lowest BCUT2D eigenvalue weighted by Gasteiger charge is -2.19. The summed E-state index contributed by atoms with van der Waals surface area (Å²) in [5.41, 5.74) is 9.91. The maximum absolute atomic E-state index is 5.64. The van der Waals surface area contributed by atoms with E-state index in [-0.39, 0.29) is 0 Å². The van der Waals surface area contributed by atoms with Gasteiger partial charge in [0.2, 0.25) is 5.82 Å². The molecule has 0 unspecified atom stereocenters. The molecule has 5 heteroatoms. The first-order valence-electron chi connectivity index (χ1n) is 9.23. The van der Waals surface area contributed by atoms with Gasteiger partial charge in [-0.3, -0.25) is 4.90 Å². The van der Waals surface area contributed by atoms with Crippen LogP contribution in [0.2, 0.25) is 0 Å². The number of hydrogen-bond donors (Lipinski definition) is 1. The lowest BCUT2D eigenvalue weighted by atomic mass is 10.1. The van der Waals surface area contributed by atoms with Crippen molar-refractivity contribution in [3.8, 4) is 22.8 Å². The van der Waals surface area contributed by atoms with Gasteiger partial charge in [-0.2, -0.15) is 4.98 Å². The third kappa shape index (κ3) is 3.69. The van der Waals surface area contributed by atoms with Crippen LogP contribution in [-0.4, -0.2) is 27.6 Å². The highest BCUT2D eigenvalue weighted by atomic mass is 16.5. The zero-order valence-electron chi connectivity index (χ0n) is 15.1. The Morgan fingerprint density at radius 1 is 1.00 bits per heavy atom. The Hall–Kier alpha value is -2.50. The molecule has 0 aliphatic heterocycles. The third-order valence-corrected chi connectivity index (χ3v) is 4.93. The molecular formula is C21H24N4O. The number of nitrogens with zero attached hydrogens (tertiary/aromatic N) is 3. The van der Waals surface area contributed by atoms with E-state index in [1.54, 1.807) is 0 Å². The standard InChI is InChI=1S/C21H24N4O/c1-2-25(19-11-12-19)14-16-5-9-18(10-6-16)21-23-20(24-26-21)17-7-3-15(13-22)4-8-17/h3-10,19H,2,11-14,22H2,1H3. The first-order valence-corrected chi connectivity index (χ1v) is 9.23. The third-order valence-electron chi connectivity index (χ3n) is 4.93. The SMILES string of the molecule is CCN(Cc1ccc(-c2nc(-c3ccc(CN)cc3)no2)cc1)C1CC1. The molecule has 1 saturated carbocycles. The molecule has 5 nitrogen and oxygen atoms in total. The lowest BCUT2D eigenvalue weighted by molar-refractivity contribution is 0.269. The largest absolute Gasteiger partial charge is 0.334 e. The Bertz CT molecular complexity index is 850. The molecule has 1 heterocycles. The second kappa shape index (κ2) is 7.40. The van der Waals surface area contributed by atoms with E-state index < -0.39 is 0 Å². The fourth-order valence-corrected chi connectivity index (χ4v) is 3.17. The lowest BCUT2D eigenvalue weighted by Crippen LogP contribution is -2.24. The first kappa shape index (κ1) is 16.9. The Kier molecular flexibility index (Phi) is 4.82. The van der Waals surface area contributed by atoms with Crippen molar-refractivity contribution in [3.05, 3.63) is 59.7 Å². The predicted molar refractivity (Wildman–Crippen MR) is 102 cm³/mol. The van der Waals surface area contributed by atoms with Crippen LogP contribution < -0.4 is 5.73 Å². The van der Waals surface area contributed by atoms with Gasteiger partial charge in [0, 0.05) is 30.3 Å². The van der Waals surface area contributed by atoms with E-state index in [0.29, 0.717) is 18.3 Å². The summed E-state index contributed by atoms with van der Waals surface area (Å²) < 4.78 is 5.46. The summed E-state index contributed by atoms with van der Waals surface area (Å²) in [6.45, 7) is 4.86. The smallest absolute Gasteiger partial charge is 0.258 e. The van der Waals surface area contributed by atoms with Gasteiger partial charge in [-0.05, 0) is 42.6 Å². The molecule has 1 aliphatic carbocycles. The Morgan fingerprint density at radius 2 is 1.65 bits per heavy atom. The molecule has 1 fully saturated rings. The molecule has 0 amide bonds. The first-order chi connectivity index (χ1) is 12.8. The topological polar surface area (TPSA) is 68.2 Å². The van der Waals surface area contributed by atoms with Crippen molar-refractivity contribution in [1.82, 2.24) is 15.0 Å². The zero-order valence-corrected chi connectivity index (χ0v) is 15.1. The highest BCUT2D eigenvalue weighted by Gasteiger charge is 2.27. The second-order valence-corrected chi connectivity index (χ2v) is 6.82. The minimum Gasteiger partial charge on any atom is -0.334 e. The molecule has 134 valence electrons. The summed E-state index contributed by atoms with van der Waals surface area (Å²) in [7, 11) is 0. The average molecular weight is 348 g/mol. The summed E-state index contributed by atoms with van der Waals surface area (Å²) in [6.07, 6.45) is 2.67.